The standard InChI is InChI=1S/C15H13Cl2FO2/c16-11-2-1-3-13(8-11)20-9-12(19)6-10-4-5-15(18)14(17)7-10/h1-5,7-8,12,19H,6,9H2. The van der Waals surface area contributed by atoms with E-state index in [1.165, 1.54) is 12.1 Å². The first-order chi connectivity index (χ1) is 9.54. The van der Waals surface area contributed by atoms with E-state index in [1.54, 1.807) is 30.3 Å². The molecule has 0 saturated carbocycles. The van der Waals surface area contributed by atoms with E-state index >= 15 is 0 Å². The summed E-state index contributed by atoms with van der Waals surface area (Å²) in [5, 5.41) is 10.5. The van der Waals surface area contributed by atoms with Crippen molar-refractivity contribution >= 4 is 23.2 Å². The van der Waals surface area contributed by atoms with Crippen molar-refractivity contribution in [1.29, 1.82) is 0 Å². The third-order valence-corrected chi connectivity index (χ3v) is 3.22. The zero-order valence-corrected chi connectivity index (χ0v) is 12.0. The topological polar surface area (TPSA) is 29.5 Å². The van der Waals surface area contributed by atoms with Gasteiger partial charge in [-0.2, -0.15) is 0 Å². The van der Waals surface area contributed by atoms with Crippen molar-refractivity contribution in [2.75, 3.05) is 6.61 Å². The Morgan fingerprint density at radius 3 is 2.65 bits per heavy atom. The van der Waals surface area contributed by atoms with E-state index in [9.17, 15) is 9.50 Å². The van der Waals surface area contributed by atoms with Gasteiger partial charge in [-0.05, 0) is 35.9 Å². The molecule has 0 radical (unpaired) electrons. The lowest BCUT2D eigenvalue weighted by Crippen LogP contribution is -2.20. The van der Waals surface area contributed by atoms with Crippen LogP contribution in [0.3, 0.4) is 0 Å². The highest BCUT2D eigenvalue weighted by Crippen LogP contribution is 2.19. The Morgan fingerprint density at radius 2 is 1.95 bits per heavy atom. The monoisotopic (exact) mass is 314 g/mol. The van der Waals surface area contributed by atoms with E-state index in [1.807, 2.05) is 0 Å². The van der Waals surface area contributed by atoms with Crippen molar-refractivity contribution in [2.24, 2.45) is 0 Å². The summed E-state index contributed by atoms with van der Waals surface area (Å²) in [5.41, 5.74) is 0.749. The van der Waals surface area contributed by atoms with Gasteiger partial charge in [0.15, 0.2) is 0 Å². The van der Waals surface area contributed by atoms with Crippen LogP contribution in [0.15, 0.2) is 42.5 Å². The van der Waals surface area contributed by atoms with E-state index in [2.05, 4.69) is 0 Å². The van der Waals surface area contributed by atoms with E-state index in [-0.39, 0.29) is 11.6 Å². The summed E-state index contributed by atoms with van der Waals surface area (Å²) in [5.74, 6) is 0.119. The van der Waals surface area contributed by atoms with Gasteiger partial charge in [-0.1, -0.05) is 35.3 Å². The number of aliphatic hydroxyl groups excluding tert-OH is 1. The van der Waals surface area contributed by atoms with Crippen molar-refractivity contribution in [3.63, 3.8) is 0 Å². The van der Waals surface area contributed by atoms with Gasteiger partial charge in [0.05, 0.1) is 11.1 Å². The summed E-state index contributed by atoms with van der Waals surface area (Å²) < 4.78 is 18.4. The Bertz CT molecular complexity index is 590. The van der Waals surface area contributed by atoms with Crippen LogP contribution in [-0.4, -0.2) is 17.8 Å². The summed E-state index contributed by atoms with van der Waals surface area (Å²) in [7, 11) is 0. The molecule has 0 amide bonds. The highest BCUT2D eigenvalue weighted by molar-refractivity contribution is 6.31. The highest BCUT2D eigenvalue weighted by Gasteiger charge is 2.09. The maximum Gasteiger partial charge on any atom is 0.141 e. The minimum atomic E-state index is -0.712. The van der Waals surface area contributed by atoms with E-state index in [4.69, 9.17) is 27.9 Å². The molecule has 2 nitrogen and oxygen atoms in total. The molecule has 1 N–H and O–H groups in total. The minimum Gasteiger partial charge on any atom is -0.491 e. The smallest absolute Gasteiger partial charge is 0.141 e. The fourth-order valence-electron chi connectivity index (χ4n) is 1.75. The van der Waals surface area contributed by atoms with Crippen molar-refractivity contribution in [3.05, 3.63) is 63.9 Å². The molecule has 2 aromatic rings. The lowest BCUT2D eigenvalue weighted by molar-refractivity contribution is 0.108. The number of ether oxygens (including phenoxy) is 1. The maximum absolute atomic E-state index is 13.0. The second-order valence-electron chi connectivity index (χ2n) is 4.37. The first-order valence-electron chi connectivity index (χ1n) is 6.05. The average molecular weight is 315 g/mol. The van der Waals surface area contributed by atoms with Crippen LogP contribution in [0.4, 0.5) is 4.39 Å². The van der Waals surface area contributed by atoms with Gasteiger partial charge in [0, 0.05) is 11.4 Å². The van der Waals surface area contributed by atoms with Gasteiger partial charge in [0.2, 0.25) is 0 Å². The van der Waals surface area contributed by atoms with Crippen molar-refractivity contribution in [1.82, 2.24) is 0 Å². The quantitative estimate of drug-likeness (QED) is 0.899. The number of hydrogen-bond donors (Lipinski definition) is 1. The molecular formula is C15H13Cl2FO2. The molecule has 0 fully saturated rings. The Hall–Kier alpha value is -1.29. The van der Waals surface area contributed by atoms with Crippen LogP contribution in [0.5, 0.6) is 5.75 Å². The Labute approximate surface area is 126 Å². The van der Waals surface area contributed by atoms with Crippen LogP contribution in [-0.2, 0) is 6.42 Å². The summed E-state index contributed by atoms with van der Waals surface area (Å²) in [6, 6.07) is 11.3. The first-order valence-corrected chi connectivity index (χ1v) is 6.80. The lowest BCUT2D eigenvalue weighted by atomic mass is 10.1. The SMILES string of the molecule is OC(COc1cccc(Cl)c1)Cc1ccc(F)c(Cl)c1. The molecular weight excluding hydrogens is 302 g/mol. The molecule has 106 valence electrons. The molecule has 0 aliphatic carbocycles. The number of aliphatic hydroxyl groups is 1. The largest absolute Gasteiger partial charge is 0.491 e. The number of hydrogen-bond acceptors (Lipinski definition) is 2. The minimum absolute atomic E-state index is 0.0467. The number of halogens is 3. The van der Waals surface area contributed by atoms with Gasteiger partial charge in [-0.3, -0.25) is 0 Å². The third-order valence-electron chi connectivity index (χ3n) is 2.69. The van der Waals surface area contributed by atoms with Gasteiger partial charge in [-0.25, -0.2) is 4.39 Å². The fourth-order valence-corrected chi connectivity index (χ4v) is 2.13. The van der Waals surface area contributed by atoms with E-state index < -0.39 is 11.9 Å². The lowest BCUT2D eigenvalue weighted by Gasteiger charge is -2.13. The fraction of sp³-hybridized carbons (Fsp3) is 0.200. The Morgan fingerprint density at radius 1 is 1.15 bits per heavy atom. The molecule has 20 heavy (non-hydrogen) atoms. The molecule has 0 spiro atoms. The van der Waals surface area contributed by atoms with Crippen molar-refractivity contribution in [2.45, 2.75) is 12.5 Å². The maximum atomic E-state index is 13.0. The summed E-state index contributed by atoms with van der Waals surface area (Å²) in [6.45, 7) is 0.120. The van der Waals surface area contributed by atoms with Crippen LogP contribution in [0.1, 0.15) is 5.56 Å². The molecule has 5 heteroatoms. The van der Waals surface area contributed by atoms with Crippen LogP contribution in [0.2, 0.25) is 10.0 Å². The zero-order chi connectivity index (χ0) is 14.5. The predicted octanol–water partition coefficient (Wildman–Crippen LogP) is 4.11. The molecule has 0 heterocycles. The average Bonchev–Trinajstić information content (AvgIpc) is 2.41. The van der Waals surface area contributed by atoms with Crippen LogP contribution < -0.4 is 4.74 Å². The molecule has 2 aromatic carbocycles. The molecule has 1 atom stereocenters. The molecule has 2 rings (SSSR count). The second-order valence-corrected chi connectivity index (χ2v) is 5.22. The molecule has 0 aliphatic heterocycles. The summed E-state index contributed by atoms with van der Waals surface area (Å²) >= 11 is 11.5. The summed E-state index contributed by atoms with van der Waals surface area (Å²) in [6.07, 6.45) is -0.379. The number of benzene rings is 2. The molecule has 0 bridgehead atoms. The molecule has 0 saturated heterocycles. The molecule has 0 aliphatic rings. The van der Waals surface area contributed by atoms with Gasteiger partial charge in [-0.15, -0.1) is 0 Å². The second kappa shape index (κ2) is 6.93. The third kappa shape index (κ3) is 4.37. The molecule has 1 unspecified atom stereocenters. The summed E-state index contributed by atoms with van der Waals surface area (Å²) in [4.78, 5) is 0. The van der Waals surface area contributed by atoms with E-state index in [0.717, 1.165) is 5.56 Å². The van der Waals surface area contributed by atoms with Crippen molar-refractivity contribution in [3.8, 4) is 5.75 Å². The van der Waals surface area contributed by atoms with Crippen LogP contribution in [0, 0.1) is 5.82 Å². The van der Waals surface area contributed by atoms with Crippen LogP contribution >= 0.6 is 23.2 Å². The Kier molecular flexibility index (Phi) is 5.24. The molecule has 0 aromatic heterocycles. The Balaban J connectivity index is 1.89. The van der Waals surface area contributed by atoms with Gasteiger partial charge in [0.25, 0.3) is 0 Å². The van der Waals surface area contributed by atoms with Gasteiger partial charge in [0.1, 0.15) is 18.2 Å². The normalized spacial score (nSPS) is 12.2. The highest BCUT2D eigenvalue weighted by atomic mass is 35.5. The zero-order valence-electron chi connectivity index (χ0n) is 10.5. The van der Waals surface area contributed by atoms with Gasteiger partial charge >= 0.3 is 0 Å². The van der Waals surface area contributed by atoms with Crippen LogP contribution in [0.25, 0.3) is 0 Å². The van der Waals surface area contributed by atoms with Gasteiger partial charge < -0.3 is 9.84 Å². The van der Waals surface area contributed by atoms with Crippen molar-refractivity contribution < 1.29 is 14.2 Å². The first kappa shape index (κ1) is 15.1. The number of rotatable bonds is 5. The van der Waals surface area contributed by atoms with E-state index in [0.29, 0.717) is 17.2 Å². The predicted molar refractivity (Wildman–Crippen MR) is 78.1 cm³/mol.